The van der Waals surface area contributed by atoms with Gasteiger partial charge in [0.15, 0.2) is 11.5 Å². The third-order valence-electron chi connectivity index (χ3n) is 1.91. The lowest BCUT2D eigenvalue weighted by Crippen LogP contribution is -1.94. The summed E-state index contributed by atoms with van der Waals surface area (Å²) in [5.41, 5.74) is 2.19. The molecule has 0 spiro atoms. The first-order valence-corrected chi connectivity index (χ1v) is 3.89. The van der Waals surface area contributed by atoms with Gasteiger partial charge in [-0.15, -0.1) is 0 Å². The highest BCUT2D eigenvalue weighted by atomic mass is 16.5. The fraction of sp³-hybridized carbons (Fsp3) is 0.400. The number of benzene rings is 1. The predicted molar refractivity (Wildman–Crippen MR) is 49.0 cm³/mol. The third-order valence-corrected chi connectivity index (χ3v) is 1.91. The largest absolute Gasteiger partial charge is 0.493 e. The first-order chi connectivity index (χ1) is 5.70. The van der Waals surface area contributed by atoms with Gasteiger partial charge in [0.2, 0.25) is 0 Å². The minimum absolute atomic E-state index is 0.831. The van der Waals surface area contributed by atoms with Crippen molar-refractivity contribution in [3.05, 3.63) is 23.3 Å². The molecule has 0 unspecified atom stereocenters. The molecule has 0 fully saturated rings. The van der Waals surface area contributed by atoms with E-state index >= 15 is 0 Å². The second-order valence-corrected chi connectivity index (χ2v) is 2.77. The van der Waals surface area contributed by atoms with Crippen molar-refractivity contribution in [2.75, 3.05) is 14.2 Å². The molecule has 0 saturated heterocycles. The van der Waals surface area contributed by atoms with Crippen LogP contribution in [0.3, 0.4) is 0 Å². The molecule has 12 heavy (non-hydrogen) atoms. The van der Waals surface area contributed by atoms with Crippen molar-refractivity contribution in [1.29, 1.82) is 0 Å². The SMILES string of the molecule is COc1c(C)ccc(C)c1OC. The topological polar surface area (TPSA) is 18.5 Å². The molecule has 2 nitrogen and oxygen atoms in total. The Bertz CT molecular complexity index is 250. The number of hydrogen-bond acceptors (Lipinski definition) is 2. The van der Waals surface area contributed by atoms with E-state index in [1.165, 1.54) is 0 Å². The summed E-state index contributed by atoms with van der Waals surface area (Å²) in [4.78, 5) is 0. The quantitative estimate of drug-likeness (QED) is 0.671. The van der Waals surface area contributed by atoms with E-state index < -0.39 is 0 Å². The monoisotopic (exact) mass is 166 g/mol. The molecule has 2 heteroatoms. The smallest absolute Gasteiger partial charge is 0.163 e. The maximum atomic E-state index is 5.22. The van der Waals surface area contributed by atoms with Gasteiger partial charge in [0, 0.05) is 0 Å². The second-order valence-electron chi connectivity index (χ2n) is 2.77. The van der Waals surface area contributed by atoms with E-state index in [2.05, 4.69) is 0 Å². The molecule has 0 atom stereocenters. The van der Waals surface area contributed by atoms with Gasteiger partial charge in [-0.05, 0) is 25.0 Å². The van der Waals surface area contributed by atoms with Crippen LogP contribution in [0, 0.1) is 13.8 Å². The summed E-state index contributed by atoms with van der Waals surface area (Å²) in [6, 6.07) is 4.05. The number of ether oxygens (including phenoxy) is 2. The van der Waals surface area contributed by atoms with Gasteiger partial charge in [-0.25, -0.2) is 0 Å². The normalized spacial score (nSPS) is 9.67. The molecule has 0 heterocycles. The van der Waals surface area contributed by atoms with E-state index in [9.17, 15) is 0 Å². The van der Waals surface area contributed by atoms with Crippen LogP contribution >= 0.6 is 0 Å². The van der Waals surface area contributed by atoms with Gasteiger partial charge < -0.3 is 9.47 Å². The zero-order chi connectivity index (χ0) is 9.14. The van der Waals surface area contributed by atoms with Crippen LogP contribution < -0.4 is 9.47 Å². The predicted octanol–water partition coefficient (Wildman–Crippen LogP) is 2.32. The van der Waals surface area contributed by atoms with Crippen molar-refractivity contribution in [3.63, 3.8) is 0 Å². The summed E-state index contributed by atoms with van der Waals surface area (Å²) in [5.74, 6) is 1.66. The molecule has 0 radical (unpaired) electrons. The Morgan fingerprint density at radius 1 is 0.833 bits per heavy atom. The molecule has 0 aliphatic rings. The molecule has 1 aromatic carbocycles. The molecule has 1 aromatic rings. The van der Waals surface area contributed by atoms with Crippen LogP contribution in [0.1, 0.15) is 11.1 Å². The van der Waals surface area contributed by atoms with Crippen molar-refractivity contribution in [2.24, 2.45) is 0 Å². The Morgan fingerprint density at radius 2 is 1.17 bits per heavy atom. The van der Waals surface area contributed by atoms with Gasteiger partial charge in [0.1, 0.15) is 0 Å². The van der Waals surface area contributed by atoms with E-state index in [0.717, 1.165) is 22.6 Å². The van der Waals surface area contributed by atoms with Crippen LogP contribution in [0.25, 0.3) is 0 Å². The Morgan fingerprint density at radius 3 is 1.42 bits per heavy atom. The summed E-state index contributed by atoms with van der Waals surface area (Å²) >= 11 is 0. The van der Waals surface area contributed by atoms with Crippen LogP contribution in [0.2, 0.25) is 0 Å². The molecular weight excluding hydrogens is 152 g/mol. The van der Waals surface area contributed by atoms with Crippen LogP contribution in [-0.4, -0.2) is 14.2 Å². The zero-order valence-corrected chi connectivity index (χ0v) is 7.97. The first-order valence-electron chi connectivity index (χ1n) is 3.89. The van der Waals surface area contributed by atoms with E-state index in [0.29, 0.717) is 0 Å². The van der Waals surface area contributed by atoms with Crippen molar-refractivity contribution in [1.82, 2.24) is 0 Å². The fourth-order valence-electron chi connectivity index (χ4n) is 1.27. The minimum Gasteiger partial charge on any atom is -0.493 e. The Labute approximate surface area is 73.1 Å². The van der Waals surface area contributed by atoms with Gasteiger partial charge in [-0.2, -0.15) is 0 Å². The highest BCUT2D eigenvalue weighted by Gasteiger charge is 2.08. The molecule has 0 amide bonds. The summed E-state index contributed by atoms with van der Waals surface area (Å²) in [6.45, 7) is 4.00. The second kappa shape index (κ2) is 3.48. The Hall–Kier alpha value is -1.18. The van der Waals surface area contributed by atoms with Crippen LogP contribution in [-0.2, 0) is 0 Å². The highest BCUT2D eigenvalue weighted by molar-refractivity contribution is 5.50. The van der Waals surface area contributed by atoms with E-state index in [4.69, 9.17) is 9.47 Å². The number of rotatable bonds is 2. The lowest BCUT2D eigenvalue weighted by atomic mass is 10.1. The number of hydrogen-bond donors (Lipinski definition) is 0. The van der Waals surface area contributed by atoms with Crippen molar-refractivity contribution >= 4 is 0 Å². The molecule has 0 N–H and O–H groups in total. The average Bonchev–Trinajstić information content (AvgIpc) is 2.08. The van der Waals surface area contributed by atoms with Gasteiger partial charge in [0.25, 0.3) is 0 Å². The van der Waals surface area contributed by atoms with Crippen LogP contribution in [0.15, 0.2) is 12.1 Å². The van der Waals surface area contributed by atoms with Crippen LogP contribution in [0.4, 0.5) is 0 Å². The zero-order valence-electron chi connectivity index (χ0n) is 7.97. The Kier molecular flexibility index (Phi) is 2.58. The summed E-state index contributed by atoms with van der Waals surface area (Å²) in [7, 11) is 3.31. The maximum Gasteiger partial charge on any atom is 0.163 e. The molecule has 0 bridgehead atoms. The van der Waals surface area contributed by atoms with Gasteiger partial charge in [0.05, 0.1) is 14.2 Å². The molecule has 0 aliphatic carbocycles. The molecule has 0 aliphatic heterocycles. The lowest BCUT2D eigenvalue weighted by molar-refractivity contribution is 0.351. The van der Waals surface area contributed by atoms with Crippen molar-refractivity contribution < 1.29 is 9.47 Å². The molecule has 66 valence electrons. The van der Waals surface area contributed by atoms with Crippen LogP contribution in [0.5, 0.6) is 11.5 Å². The maximum absolute atomic E-state index is 5.22. The number of methoxy groups -OCH3 is 2. The number of aryl methyl sites for hydroxylation is 2. The van der Waals surface area contributed by atoms with E-state index in [-0.39, 0.29) is 0 Å². The van der Waals surface area contributed by atoms with E-state index in [1.807, 2.05) is 26.0 Å². The van der Waals surface area contributed by atoms with Gasteiger partial charge in [-0.3, -0.25) is 0 Å². The summed E-state index contributed by atoms with van der Waals surface area (Å²) < 4.78 is 10.4. The molecular formula is C10H14O2. The molecule has 0 saturated carbocycles. The first kappa shape index (κ1) is 8.91. The third kappa shape index (κ3) is 1.37. The highest BCUT2D eigenvalue weighted by Crippen LogP contribution is 2.33. The lowest BCUT2D eigenvalue weighted by Gasteiger charge is -2.12. The van der Waals surface area contributed by atoms with E-state index in [1.54, 1.807) is 14.2 Å². The summed E-state index contributed by atoms with van der Waals surface area (Å²) in [5, 5.41) is 0. The summed E-state index contributed by atoms with van der Waals surface area (Å²) in [6.07, 6.45) is 0. The standard InChI is InChI=1S/C10H14O2/c1-7-5-6-8(2)10(12-4)9(7)11-3/h5-6H,1-4H3. The Balaban J connectivity index is 3.28. The van der Waals surface area contributed by atoms with Gasteiger partial charge in [-0.1, -0.05) is 12.1 Å². The average molecular weight is 166 g/mol. The minimum atomic E-state index is 0.831. The molecule has 0 aromatic heterocycles. The van der Waals surface area contributed by atoms with Gasteiger partial charge >= 0.3 is 0 Å². The fourth-order valence-corrected chi connectivity index (χ4v) is 1.27. The van der Waals surface area contributed by atoms with Crippen molar-refractivity contribution in [2.45, 2.75) is 13.8 Å². The molecule has 1 rings (SSSR count). The van der Waals surface area contributed by atoms with Crippen molar-refractivity contribution in [3.8, 4) is 11.5 Å².